The first kappa shape index (κ1) is 75.4. The molecule has 0 saturated carbocycles. The number of carbonyl (C=O) groups excluding carboxylic acids is 3. The largest absolute Gasteiger partial charge is 0.477 e. The first-order valence-electron chi connectivity index (χ1n) is 30.1. The summed E-state index contributed by atoms with van der Waals surface area (Å²) >= 11 is 0. The Kier molecular flexibility index (Phi) is 25.3. The van der Waals surface area contributed by atoms with Crippen molar-refractivity contribution in [3.05, 3.63) is 178 Å². The van der Waals surface area contributed by atoms with Gasteiger partial charge in [-0.25, -0.2) is 34.3 Å². The number of rotatable bonds is 15. The van der Waals surface area contributed by atoms with Gasteiger partial charge in [0.05, 0.1) is 117 Å². The van der Waals surface area contributed by atoms with Crippen LogP contribution >= 0.6 is 0 Å². The first-order valence-corrected chi connectivity index (χ1v) is 30.1. The monoisotopic (exact) mass is 1380 g/mol. The summed E-state index contributed by atoms with van der Waals surface area (Å²) in [7, 11) is 9.68. The average molecular weight is 1380 g/mol. The van der Waals surface area contributed by atoms with Gasteiger partial charge in [0.1, 0.15) is 36.9 Å². The Morgan fingerprint density at radius 1 is 0.307 bits per heavy atom. The highest BCUT2D eigenvalue weighted by atomic mass is 16.4. The fourth-order valence-corrected chi connectivity index (χ4v) is 9.65. The molecule has 101 heavy (non-hydrogen) atoms. The normalized spacial score (nSPS) is 10.5. The van der Waals surface area contributed by atoms with Gasteiger partial charge >= 0.3 is 17.9 Å². The van der Waals surface area contributed by atoms with Crippen molar-refractivity contribution in [1.82, 2.24) is 119 Å². The Morgan fingerprint density at radius 3 is 0.851 bits per heavy atom. The summed E-state index contributed by atoms with van der Waals surface area (Å²) in [5.74, 6) is -3.41. The molecule has 0 spiro atoms. The third-order valence-corrected chi connectivity index (χ3v) is 14.2. The van der Waals surface area contributed by atoms with Crippen molar-refractivity contribution in [3.63, 3.8) is 0 Å². The molecule has 36 nitrogen and oxygen atoms in total. The van der Waals surface area contributed by atoms with E-state index in [0.29, 0.717) is 84.9 Å². The maximum Gasteiger partial charge on any atom is 0.354 e. The molecular formula is C65H70N24O12. The molecule has 0 aliphatic carbocycles. The van der Waals surface area contributed by atoms with Gasteiger partial charge in [-0.1, -0.05) is 0 Å². The molecule has 12 aromatic rings. The summed E-state index contributed by atoms with van der Waals surface area (Å²) in [5, 5.41) is 109. The van der Waals surface area contributed by atoms with E-state index >= 15 is 0 Å². The van der Waals surface area contributed by atoms with Gasteiger partial charge in [0.2, 0.25) is 17.3 Å². The number of nitrogens with zero attached hydrogens (tertiary/aromatic N) is 24. The second-order valence-electron chi connectivity index (χ2n) is 22.1. The lowest BCUT2D eigenvalue weighted by Gasteiger charge is -2.04. The summed E-state index contributed by atoms with van der Waals surface area (Å²) in [6.07, 6.45) is 12.3. The zero-order valence-electron chi connectivity index (χ0n) is 57.2. The lowest BCUT2D eigenvalue weighted by Crippen LogP contribution is -2.12. The van der Waals surface area contributed by atoms with E-state index in [1.54, 1.807) is 91.3 Å². The molecule has 0 aliphatic rings. The predicted octanol–water partition coefficient (Wildman–Crippen LogP) is 4.35. The van der Waals surface area contributed by atoms with Gasteiger partial charge in [0, 0.05) is 65.1 Å². The van der Waals surface area contributed by atoms with Crippen LogP contribution in [-0.4, -0.2) is 205 Å². The van der Waals surface area contributed by atoms with Gasteiger partial charge in [-0.2, -0.15) is 71.4 Å². The number of carboxylic acids is 3. The fraction of sp³-hybridized carbons (Fsp3) is 0.262. The molecular weight excluding hydrogens is 1310 g/mol. The van der Waals surface area contributed by atoms with Crippen LogP contribution in [0.5, 0.6) is 0 Å². The molecule has 0 bridgehead atoms. The average Bonchev–Trinajstić information content (AvgIpc) is 1.74. The van der Waals surface area contributed by atoms with E-state index in [1.165, 1.54) is 52.9 Å². The Morgan fingerprint density at radius 2 is 0.564 bits per heavy atom. The van der Waals surface area contributed by atoms with E-state index in [2.05, 4.69) is 91.3 Å². The van der Waals surface area contributed by atoms with Gasteiger partial charge < -0.3 is 30.6 Å². The number of hydrogen-bond acceptors (Lipinski definition) is 27. The van der Waals surface area contributed by atoms with Crippen LogP contribution in [0.25, 0.3) is 67.8 Å². The van der Waals surface area contributed by atoms with Gasteiger partial charge in [0.15, 0.2) is 28.7 Å². The number of aryl methyl sites for hydroxylation is 14. The van der Waals surface area contributed by atoms with Crippen molar-refractivity contribution in [3.8, 4) is 67.8 Å². The standard InChI is InChI=1S/C12H14N4O2.3C11H12N4O2.2C10H10N4O2/c1-7-4-8(2)15-12(14-7)9-5-13-16(3)11(9)10(18)6-17;1-7-3-9(14-12-4-7)8-5-13-15(2)11(8)10(17)6-16;1-6-4-7(2)14-10(13-6)8-5-12-15(3)9(8)11(16)17;1-7-3-4-9(14-13-7)8-5-12-15(2)11(8)10(17)6-16;1-6-3-8(13-11-4-6)7-5-12-14(2)9(7)10(15)16;1-6-3-4-8(13-12-6)7-5-11-14(2)9(7)10(15)16/h4-5,17H,6H2,1-3H3;3-5,16H,6H2,1-2H3;4-5H,1-3H3,(H,16,17);3-5,16H,6H2,1-2H3;2*3-5H,1-2H3,(H,15,16). The number of aromatic nitrogens is 24. The van der Waals surface area contributed by atoms with Crippen molar-refractivity contribution in [1.29, 1.82) is 0 Å². The molecule has 12 heterocycles. The molecule has 0 unspecified atom stereocenters. The Bertz CT molecular complexity index is 4930. The molecule has 522 valence electrons. The zero-order valence-corrected chi connectivity index (χ0v) is 57.2. The van der Waals surface area contributed by atoms with Crippen LogP contribution in [0.1, 0.15) is 108 Å². The minimum atomic E-state index is -1.04. The molecule has 0 aromatic carbocycles. The van der Waals surface area contributed by atoms with Crippen LogP contribution in [-0.2, 0) is 42.3 Å². The molecule has 0 amide bonds. The maximum absolute atomic E-state index is 11.7. The molecule has 12 aromatic heterocycles. The summed E-state index contributed by atoms with van der Waals surface area (Å²) in [6, 6.07) is 14.4. The van der Waals surface area contributed by atoms with E-state index in [4.69, 9.17) is 30.6 Å². The lowest BCUT2D eigenvalue weighted by atomic mass is 10.1. The molecule has 0 radical (unpaired) electrons. The van der Waals surface area contributed by atoms with Crippen molar-refractivity contribution in [2.24, 2.45) is 42.3 Å². The number of ketones is 3. The van der Waals surface area contributed by atoms with Crippen LogP contribution < -0.4 is 0 Å². The zero-order chi connectivity index (χ0) is 74.1. The number of carbonyl (C=O) groups is 6. The topological polar surface area (TPSA) is 485 Å². The van der Waals surface area contributed by atoms with Crippen molar-refractivity contribution >= 4 is 35.3 Å². The maximum atomic E-state index is 11.7. The molecule has 0 saturated heterocycles. The van der Waals surface area contributed by atoms with Crippen LogP contribution in [0.4, 0.5) is 0 Å². The fourth-order valence-electron chi connectivity index (χ4n) is 9.65. The van der Waals surface area contributed by atoms with E-state index in [0.717, 1.165) is 45.3 Å². The number of hydrogen-bond donors (Lipinski definition) is 6. The molecule has 0 atom stereocenters. The second kappa shape index (κ2) is 33.8. The minimum Gasteiger partial charge on any atom is -0.477 e. The van der Waals surface area contributed by atoms with Crippen LogP contribution in [0, 0.1) is 55.4 Å². The van der Waals surface area contributed by atoms with Crippen LogP contribution in [0.15, 0.2) is 98.1 Å². The quantitative estimate of drug-likeness (QED) is 0.0777. The molecule has 0 fully saturated rings. The smallest absolute Gasteiger partial charge is 0.354 e. The predicted molar refractivity (Wildman–Crippen MR) is 358 cm³/mol. The number of aliphatic hydroxyl groups excluding tert-OH is 3. The number of aromatic carboxylic acids is 3. The number of aliphatic hydroxyl groups is 3. The van der Waals surface area contributed by atoms with Crippen molar-refractivity contribution < 1.29 is 59.4 Å². The SMILES string of the molecule is Cc1cc(C)nc(-c2cnn(C)c2C(=O)CO)n1.Cc1cc(C)nc(-c2cnn(C)c2C(=O)O)n1.Cc1ccc(-c2cnn(C)c2C(=O)CO)nn1.Cc1ccc(-c2cnn(C)c2C(=O)O)nn1.Cc1cnnc(-c2cnn(C)c2C(=O)CO)c1.Cc1cnnc(-c2cnn(C)c2C(=O)O)c1. The third kappa shape index (κ3) is 18.8. The second-order valence-corrected chi connectivity index (χ2v) is 22.1. The molecule has 0 aliphatic heterocycles. The number of Topliss-reactive ketones (excluding diaryl/α,β-unsaturated/α-hetero) is 3. The minimum absolute atomic E-state index is 0.0926. The summed E-state index contributed by atoms with van der Waals surface area (Å²) in [6.45, 7) is 13.2. The van der Waals surface area contributed by atoms with Gasteiger partial charge in [-0.3, -0.25) is 42.5 Å². The van der Waals surface area contributed by atoms with Gasteiger partial charge in [-0.15, -0.1) is 0 Å². The van der Waals surface area contributed by atoms with E-state index < -0.39 is 43.5 Å². The van der Waals surface area contributed by atoms with Crippen molar-refractivity contribution in [2.45, 2.75) is 55.4 Å². The summed E-state index contributed by atoms with van der Waals surface area (Å²) in [5.41, 5.74) is 13.3. The highest BCUT2D eigenvalue weighted by Crippen LogP contribution is 2.27. The third-order valence-electron chi connectivity index (χ3n) is 14.2. The van der Waals surface area contributed by atoms with E-state index in [1.807, 2.05) is 79.7 Å². The van der Waals surface area contributed by atoms with E-state index in [-0.39, 0.29) is 28.6 Å². The van der Waals surface area contributed by atoms with Crippen LogP contribution in [0.2, 0.25) is 0 Å². The van der Waals surface area contributed by atoms with Crippen LogP contribution in [0.3, 0.4) is 0 Å². The molecule has 12 rings (SSSR count). The first-order chi connectivity index (χ1) is 48.0. The molecule has 36 heteroatoms. The van der Waals surface area contributed by atoms with Gasteiger partial charge in [-0.05, 0) is 115 Å². The summed E-state index contributed by atoms with van der Waals surface area (Å²) in [4.78, 5) is 85.2. The highest BCUT2D eigenvalue weighted by molar-refractivity contribution is 6.02. The Labute approximate surface area is 574 Å². The number of carboxylic acid groups (broad SMARTS) is 3. The summed E-state index contributed by atoms with van der Waals surface area (Å²) < 4.78 is 8.20. The van der Waals surface area contributed by atoms with E-state index in [9.17, 15) is 28.8 Å². The van der Waals surface area contributed by atoms with Crippen molar-refractivity contribution in [2.75, 3.05) is 19.8 Å². The van der Waals surface area contributed by atoms with Gasteiger partial charge in [0.25, 0.3) is 0 Å². The Hall–Kier alpha value is -13.0. The lowest BCUT2D eigenvalue weighted by molar-refractivity contribution is 0.0675. The molecule has 6 N–H and O–H groups in total. The highest BCUT2D eigenvalue weighted by Gasteiger charge is 2.24. The Balaban J connectivity index is 0.000000170.